The van der Waals surface area contributed by atoms with E-state index in [-0.39, 0.29) is 46.0 Å². The highest BCUT2D eigenvalue weighted by Crippen LogP contribution is 2.46. The van der Waals surface area contributed by atoms with Crippen LogP contribution in [0.4, 0.5) is 14.4 Å². The number of carbonyl (C=O) groups is 6. The monoisotopic (exact) mass is 793 g/mol. The van der Waals surface area contributed by atoms with Crippen molar-refractivity contribution < 1.29 is 48.1 Å². The number of carboxylic acids is 2. The van der Waals surface area contributed by atoms with E-state index in [1.807, 2.05) is 0 Å². The fourth-order valence-electron chi connectivity index (χ4n) is 4.20. The number of hydrogen-bond donors (Lipinski definition) is 4. The van der Waals surface area contributed by atoms with Gasteiger partial charge in [0.2, 0.25) is 17.7 Å². The molecule has 1 saturated carbocycles. The molecule has 0 atom stereocenters. The third-order valence-corrected chi connectivity index (χ3v) is 10.9. The number of rotatable bonds is 16. The molecular formula is C33H29ClFN3O9S4. The molecule has 12 nitrogen and oxygen atoms in total. The minimum atomic E-state index is -1.00. The number of anilines is 2. The summed E-state index contributed by atoms with van der Waals surface area (Å²) in [5.41, 5.74) is 1.31. The Hall–Kier alpha value is -4.29. The first kappa shape index (κ1) is 39.5. The predicted molar refractivity (Wildman–Crippen MR) is 197 cm³/mol. The van der Waals surface area contributed by atoms with Crippen LogP contribution in [0.15, 0.2) is 54.7 Å². The molecule has 0 unspecified atom stereocenters. The molecule has 0 saturated heterocycles. The number of thioether (sulfide) groups is 2. The third kappa shape index (κ3) is 12.2. The molecule has 2 amide bonds. The summed E-state index contributed by atoms with van der Waals surface area (Å²) in [6.45, 7) is 0. The molecule has 0 aliphatic heterocycles. The summed E-state index contributed by atoms with van der Waals surface area (Å²) in [6, 6.07) is 11.7. The Morgan fingerprint density at radius 3 is 1.86 bits per heavy atom. The molecule has 0 radical (unpaired) electrons. The number of aromatic nitrogens is 1. The smallest absolute Gasteiger partial charge is 0.313 e. The van der Waals surface area contributed by atoms with E-state index in [9.17, 15) is 33.2 Å². The number of amides is 2. The molecule has 4 aromatic rings. The van der Waals surface area contributed by atoms with Gasteiger partial charge in [0.25, 0.3) is 0 Å². The molecule has 18 heteroatoms. The second-order valence-electron chi connectivity index (χ2n) is 10.6. The number of nitrogens with zero attached hydrogens (tertiary/aromatic N) is 1. The maximum Gasteiger partial charge on any atom is 0.313 e. The normalized spacial score (nSPS) is 11.9. The predicted octanol–water partition coefficient (Wildman–Crippen LogP) is 6.54. The summed E-state index contributed by atoms with van der Waals surface area (Å²) in [6.07, 6.45) is 3.50. The number of ether oxygens (including phenoxy) is 1. The van der Waals surface area contributed by atoms with Gasteiger partial charge in [-0.1, -0.05) is 11.6 Å². The molecule has 1 aromatic carbocycles. The van der Waals surface area contributed by atoms with Crippen LogP contribution in [0, 0.1) is 5.82 Å². The quantitative estimate of drug-likeness (QED) is 0.0898. The third-order valence-electron chi connectivity index (χ3n) is 6.66. The Bertz CT molecular complexity index is 1910. The lowest BCUT2D eigenvalue weighted by molar-refractivity contribution is -0.134. The number of nitrogens with one attached hydrogen (secondary N) is 2. The van der Waals surface area contributed by atoms with Crippen LogP contribution in [0.2, 0.25) is 4.34 Å². The lowest BCUT2D eigenvalue weighted by atomic mass is 10.0. The van der Waals surface area contributed by atoms with Crippen LogP contribution >= 0.6 is 57.8 Å². The number of thiophene rings is 2. The molecule has 1 aliphatic rings. The van der Waals surface area contributed by atoms with Crippen LogP contribution in [0.25, 0.3) is 0 Å². The first-order valence-corrected chi connectivity index (χ1v) is 19.1. The Morgan fingerprint density at radius 2 is 1.35 bits per heavy atom. The molecule has 3 aromatic heterocycles. The number of carbonyl (C=O) groups excluding carboxylic acids is 4. The minimum Gasteiger partial charge on any atom is -0.481 e. The van der Waals surface area contributed by atoms with Crippen molar-refractivity contribution in [2.24, 2.45) is 0 Å². The van der Waals surface area contributed by atoms with Crippen LogP contribution in [0.3, 0.4) is 0 Å². The van der Waals surface area contributed by atoms with E-state index < -0.39 is 23.7 Å². The fourth-order valence-corrected chi connectivity index (χ4v) is 7.65. The van der Waals surface area contributed by atoms with Crippen LogP contribution < -0.4 is 15.4 Å². The van der Waals surface area contributed by atoms with Gasteiger partial charge in [-0.3, -0.25) is 28.8 Å². The second-order valence-corrected chi connectivity index (χ2v) is 15.3. The largest absolute Gasteiger partial charge is 0.481 e. The summed E-state index contributed by atoms with van der Waals surface area (Å²) in [4.78, 5) is 75.3. The highest BCUT2D eigenvalue weighted by molar-refractivity contribution is 8.00. The van der Waals surface area contributed by atoms with Crippen LogP contribution in [0.5, 0.6) is 5.88 Å². The number of benzene rings is 1. The van der Waals surface area contributed by atoms with E-state index in [1.165, 1.54) is 55.0 Å². The van der Waals surface area contributed by atoms with E-state index in [1.54, 1.807) is 18.2 Å². The maximum atomic E-state index is 13.1. The zero-order chi connectivity index (χ0) is 37.1. The Morgan fingerprint density at radius 1 is 0.824 bits per heavy atom. The highest BCUT2D eigenvalue weighted by atomic mass is 35.5. The SMILES string of the molecule is COc1ccc(C(=O)c2cc(Cl)sc2NC(=O)CSCC(=O)O)cn1.O=C(O)CSCC(=O)Nc1sc(C2CC2)cc1C(=O)c1ccc(F)cc1. The topological polar surface area (TPSA) is 189 Å². The van der Waals surface area contributed by atoms with E-state index in [0.29, 0.717) is 42.8 Å². The summed E-state index contributed by atoms with van der Waals surface area (Å²) in [7, 11) is 1.47. The van der Waals surface area contributed by atoms with Gasteiger partial charge in [-0.25, -0.2) is 9.37 Å². The molecular weight excluding hydrogens is 765 g/mol. The molecule has 5 rings (SSSR count). The molecule has 51 heavy (non-hydrogen) atoms. The Kier molecular flexibility index (Phi) is 14.6. The van der Waals surface area contributed by atoms with Gasteiger partial charge in [-0.15, -0.1) is 46.2 Å². The van der Waals surface area contributed by atoms with E-state index in [2.05, 4.69) is 15.6 Å². The summed E-state index contributed by atoms with van der Waals surface area (Å²) in [5, 5.41) is 23.3. The standard InChI is InChI=1S/C18H16FNO4S2.C15H13ClN2O5S2/c19-12-5-3-11(4-6-12)17(24)13-7-14(10-1-2-10)26-18(13)20-15(21)8-25-9-16(22)23;1-23-12-3-2-8(5-17-12)14(22)9-4-10(16)25-15(9)18-11(19)6-24-7-13(20)21/h3-7,10H,1-2,8-9H2,(H,20,21)(H,22,23);2-5H,6-7H2,1H3,(H,18,19)(H,20,21). The van der Waals surface area contributed by atoms with Crippen molar-refractivity contribution >= 4 is 103 Å². The van der Waals surface area contributed by atoms with Gasteiger partial charge in [-0.05, 0) is 61.2 Å². The van der Waals surface area contributed by atoms with Crippen LogP contribution in [-0.4, -0.2) is 80.6 Å². The highest BCUT2D eigenvalue weighted by Gasteiger charge is 2.29. The Balaban J connectivity index is 0.000000229. The maximum absolute atomic E-state index is 13.1. The number of ketones is 2. The van der Waals surface area contributed by atoms with Crippen LogP contribution in [0.1, 0.15) is 55.5 Å². The van der Waals surface area contributed by atoms with Crippen molar-refractivity contribution in [1.29, 1.82) is 0 Å². The van der Waals surface area contributed by atoms with Gasteiger partial charge in [-0.2, -0.15) is 0 Å². The average Bonchev–Trinajstić information content (AvgIpc) is 3.76. The zero-order valence-corrected chi connectivity index (χ0v) is 30.6. The molecule has 4 N–H and O–H groups in total. The molecule has 0 bridgehead atoms. The Labute approximate surface area is 312 Å². The fraction of sp³-hybridized carbons (Fsp3) is 0.242. The number of methoxy groups -OCH3 is 1. The second kappa shape index (κ2) is 18.8. The van der Waals surface area contributed by atoms with Gasteiger partial charge >= 0.3 is 11.9 Å². The number of carboxylic acid groups (broad SMARTS) is 2. The van der Waals surface area contributed by atoms with Gasteiger partial charge < -0.3 is 25.6 Å². The zero-order valence-electron chi connectivity index (χ0n) is 26.6. The van der Waals surface area contributed by atoms with E-state index in [0.717, 1.165) is 52.6 Å². The average molecular weight is 794 g/mol. The molecule has 1 aliphatic carbocycles. The van der Waals surface area contributed by atoms with E-state index >= 15 is 0 Å². The van der Waals surface area contributed by atoms with Crippen molar-refractivity contribution in [3.8, 4) is 5.88 Å². The lowest BCUT2D eigenvalue weighted by Gasteiger charge is -2.06. The molecule has 3 heterocycles. The lowest BCUT2D eigenvalue weighted by Crippen LogP contribution is -2.16. The summed E-state index contributed by atoms with van der Waals surface area (Å²) >= 11 is 10.4. The number of aliphatic carboxylic acids is 2. The van der Waals surface area contributed by atoms with E-state index in [4.69, 9.17) is 26.6 Å². The van der Waals surface area contributed by atoms with Crippen molar-refractivity contribution in [2.45, 2.75) is 18.8 Å². The minimum absolute atomic E-state index is 0.00680. The first-order chi connectivity index (χ1) is 24.3. The number of pyridine rings is 1. The number of halogens is 2. The van der Waals surface area contributed by atoms with Crippen molar-refractivity contribution in [3.63, 3.8) is 0 Å². The van der Waals surface area contributed by atoms with Crippen molar-refractivity contribution in [2.75, 3.05) is 40.8 Å². The van der Waals surface area contributed by atoms with Gasteiger partial charge in [0.1, 0.15) is 15.8 Å². The van der Waals surface area contributed by atoms with Crippen molar-refractivity contribution in [3.05, 3.63) is 92.0 Å². The van der Waals surface area contributed by atoms with Gasteiger partial charge in [0.15, 0.2) is 11.6 Å². The first-order valence-electron chi connectivity index (χ1n) is 14.8. The number of hydrogen-bond acceptors (Lipinski definition) is 12. The molecule has 1 fully saturated rings. The van der Waals surface area contributed by atoms with Crippen LogP contribution in [-0.2, 0) is 19.2 Å². The molecule has 268 valence electrons. The van der Waals surface area contributed by atoms with Gasteiger partial charge in [0, 0.05) is 28.3 Å². The van der Waals surface area contributed by atoms with Crippen molar-refractivity contribution in [1.82, 2.24) is 4.98 Å². The summed E-state index contributed by atoms with van der Waals surface area (Å²) in [5.74, 6) is -3.37. The van der Waals surface area contributed by atoms with Gasteiger partial charge in [0.05, 0.1) is 45.6 Å². The molecule has 0 spiro atoms. The summed E-state index contributed by atoms with van der Waals surface area (Å²) < 4.78 is 18.4.